The van der Waals surface area contributed by atoms with E-state index in [1.54, 1.807) is 19.2 Å². The monoisotopic (exact) mass is 580 g/mol. The molecular formula is C29H30Cl2NSiZr. The molecule has 5 rings (SSSR count). The van der Waals surface area contributed by atoms with E-state index >= 15 is 0 Å². The Morgan fingerprint density at radius 3 is 1.91 bits per heavy atom. The number of nitrogens with one attached hydrogen (secondary N) is 1. The summed E-state index contributed by atoms with van der Waals surface area (Å²) in [5.74, 6) is -1.41. The Kier molecular flexibility index (Phi) is 9.95. The van der Waals surface area contributed by atoms with Crippen LogP contribution in [0.15, 0.2) is 103 Å². The van der Waals surface area contributed by atoms with Crippen LogP contribution in [0.4, 0.5) is 0 Å². The van der Waals surface area contributed by atoms with Gasteiger partial charge in [-0.2, -0.15) is 0 Å². The summed E-state index contributed by atoms with van der Waals surface area (Å²) >= 11 is -2.30. The van der Waals surface area contributed by atoms with Crippen molar-refractivity contribution in [1.29, 1.82) is 0 Å². The summed E-state index contributed by atoms with van der Waals surface area (Å²) in [5, 5.41) is 3.16. The average Bonchev–Trinajstić information content (AvgIpc) is 3.24. The molecule has 0 radical (unpaired) electrons. The fourth-order valence-electron chi connectivity index (χ4n) is 4.91. The predicted molar refractivity (Wildman–Crippen MR) is 137 cm³/mol. The molecule has 0 amide bonds. The summed E-state index contributed by atoms with van der Waals surface area (Å²) < 4.78 is 5.98. The molecule has 4 aromatic carbocycles. The molecule has 0 saturated carbocycles. The summed E-state index contributed by atoms with van der Waals surface area (Å²) in [4.78, 5) is 0. The molecule has 173 valence electrons. The van der Waals surface area contributed by atoms with Crippen LogP contribution in [0.25, 0.3) is 11.1 Å². The predicted octanol–water partition coefficient (Wildman–Crippen LogP) is -1.65. The van der Waals surface area contributed by atoms with E-state index in [9.17, 15) is 0 Å². The van der Waals surface area contributed by atoms with Crippen molar-refractivity contribution in [3.8, 4) is 11.1 Å². The normalized spacial score (nSPS) is 12.2. The van der Waals surface area contributed by atoms with Crippen LogP contribution in [0.2, 0.25) is 0 Å². The van der Waals surface area contributed by atoms with Crippen LogP contribution in [-0.4, -0.2) is 12.0 Å². The molecule has 0 bridgehead atoms. The molecule has 1 nitrogen and oxygen atoms in total. The molecule has 1 N–H and O–H groups in total. The van der Waals surface area contributed by atoms with Gasteiger partial charge in [0.2, 0.25) is 0 Å². The fourth-order valence-corrected chi connectivity index (χ4v) is 26.4. The van der Waals surface area contributed by atoms with Gasteiger partial charge in [-0.1, -0.05) is 0 Å². The Bertz CT molecular complexity index is 1160. The molecular weight excluding hydrogens is 553 g/mol. The van der Waals surface area contributed by atoms with Crippen molar-refractivity contribution in [1.82, 2.24) is 3.26 Å². The van der Waals surface area contributed by atoms with Gasteiger partial charge < -0.3 is 24.8 Å². The zero-order chi connectivity index (χ0) is 21.9. The number of hydrogen-bond donors (Lipinski definition) is 1. The Hall–Kier alpha value is -1.48. The van der Waals surface area contributed by atoms with Gasteiger partial charge in [0.25, 0.3) is 0 Å². The molecule has 1 atom stereocenters. The molecule has 1 aliphatic carbocycles. The molecule has 0 aromatic heterocycles. The molecule has 0 heterocycles. The minimum Gasteiger partial charge on any atom is -1.00 e. The van der Waals surface area contributed by atoms with E-state index in [-0.39, 0.29) is 24.8 Å². The van der Waals surface area contributed by atoms with Gasteiger partial charge in [0.1, 0.15) is 0 Å². The van der Waals surface area contributed by atoms with Crippen molar-refractivity contribution in [2.75, 3.05) is 0 Å². The number of halogens is 2. The summed E-state index contributed by atoms with van der Waals surface area (Å²) in [5.41, 5.74) is 5.99. The summed E-state index contributed by atoms with van der Waals surface area (Å²) in [6, 6.07) is 39.5. The summed E-state index contributed by atoms with van der Waals surface area (Å²) in [7, 11) is 0. The maximum atomic E-state index is 4.29. The minimum atomic E-state index is -2.30. The van der Waals surface area contributed by atoms with Gasteiger partial charge in [-0.05, 0) is 0 Å². The van der Waals surface area contributed by atoms with Crippen LogP contribution in [0.1, 0.15) is 31.4 Å². The first kappa shape index (κ1) is 27.1. The van der Waals surface area contributed by atoms with Crippen molar-refractivity contribution in [3.63, 3.8) is 0 Å². The van der Waals surface area contributed by atoms with Crippen molar-refractivity contribution >= 4 is 19.6 Å². The second kappa shape index (κ2) is 12.5. The zero-order valence-corrected chi connectivity index (χ0v) is 24.8. The average molecular weight is 583 g/mol. The summed E-state index contributed by atoms with van der Waals surface area (Å²) in [6.07, 6.45) is 2.25. The molecule has 0 aliphatic heterocycles. The molecule has 0 spiro atoms. The Balaban J connectivity index is 0.00000162. The fraction of sp³-hybridized carbons (Fsp3) is 0.172. The van der Waals surface area contributed by atoms with E-state index in [0.717, 1.165) is 6.42 Å². The molecule has 34 heavy (non-hydrogen) atoms. The Labute approximate surface area is 225 Å². The number of benzene rings is 4. The first-order valence-corrected chi connectivity index (χ1v) is 20.1. The van der Waals surface area contributed by atoms with Crippen LogP contribution in [-0.2, 0) is 27.6 Å². The standard InChI is InChI=1S/C13H9.C12H11Si.C4H10N.2ClH.Zr/c1-3-7-12-10(5-1)9-11-6-2-4-8-13(11)12;1-3-7-11(8-4-1)13-12-9-5-2-6-10-12;1-3-4(2)5;;;/h1-5,7-8H,9H2;1-10,13H;4-5H,3H2,1-2H3;2*1H;/q;;-1;;;+3/p-2. The molecule has 0 fully saturated rings. The van der Waals surface area contributed by atoms with E-state index in [1.807, 2.05) is 0 Å². The van der Waals surface area contributed by atoms with Crippen LogP contribution >= 0.6 is 0 Å². The Morgan fingerprint density at radius 1 is 0.735 bits per heavy atom. The van der Waals surface area contributed by atoms with Gasteiger partial charge in [0, 0.05) is 0 Å². The largest absolute Gasteiger partial charge is 1.00 e. The van der Waals surface area contributed by atoms with Gasteiger partial charge >= 0.3 is 202 Å². The second-order valence-electron chi connectivity index (χ2n) is 8.79. The van der Waals surface area contributed by atoms with Crippen molar-refractivity contribution in [2.24, 2.45) is 0 Å². The topological polar surface area (TPSA) is 12.0 Å². The smallest absolute Gasteiger partial charge is 1.00 e. The van der Waals surface area contributed by atoms with Gasteiger partial charge in [-0.25, -0.2) is 0 Å². The minimum absolute atomic E-state index is 0. The summed E-state index contributed by atoms with van der Waals surface area (Å²) in [6.45, 7) is 4.69. The van der Waals surface area contributed by atoms with Crippen LogP contribution in [0.5, 0.6) is 0 Å². The van der Waals surface area contributed by atoms with Gasteiger partial charge in [0.15, 0.2) is 0 Å². The SMILES string of the molecule is CCC(C)[NH][Zr+2]([c]1cccc2c1Cc1ccccc1-2)[SiH](c1ccccc1)c1ccccc1.[Cl-].[Cl-]. The second-order valence-corrected chi connectivity index (χ2v) is 22.7. The maximum Gasteiger partial charge on any atom is -1.00 e. The molecule has 5 heteroatoms. The van der Waals surface area contributed by atoms with Gasteiger partial charge in [-0.15, -0.1) is 0 Å². The van der Waals surface area contributed by atoms with E-state index in [0.29, 0.717) is 6.04 Å². The van der Waals surface area contributed by atoms with E-state index < -0.39 is 27.1 Å². The number of rotatable bonds is 7. The van der Waals surface area contributed by atoms with Crippen molar-refractivity contribution in [3.05, 3.63) is 114 Å². The molecule has 0 saturated heterocycles. The maximum absolute atomic E-state index is 4.29. The first-order chi connectivity index (χ1) is 15.8. The Morgan fingerprint density at radius 2 is 1.29 bits per heavy atom. The van der Waals surface area contributed by atoms with E-state index in [4.69, 9.17) is 0 Å². The number of hydrogen-bond acceptors (Lipinski definition) is 1. The van der Waals surface area contributed by atoms with Crippen molar-refractivity contribution < 1.29 is 46.0 Å². The first-order valence-electron chi connectivity index (χ1n) is 11.7. The van der Waals surface area contributed by atoms with Gasteiger partial charge in [0.05, 0.1) is 0 Å². The molecule has 4 aromatic rings. The third kappa shape index (κ3) is 5.50. The molecule has 1 unspecified atom stereocenters. The van der Waals surface area contributed by atoms with Gasteiger partial charge in [-0.3, -0.25) is 0 Å². The third-order valence-corrected chi connectivity index (χ3v) is 25.9. The van der Waals surface area contributed by atoms with Crippen LogP contribution in [0, 0.1) is 0 Å². The zero-order valence-electron chi connectivity index (χ0n) is 19.6. The van der Waals surface area contributed by atoms with Crippen molar-refractivity contribution in [2.45, 2.75) is 32.7 Å². The van der Waals surface area contributed by atoms with Crippen LogP contribution < -0.4 is 41.7 Å². The van der Waals surface area contributed by atoms with Crippen LogP contribution in [0.3, 0.4) is 0 Å². The van der Waals surface area contributed by atoms with E-state index in [2.05, 4.69) is 120 Å². The quantitative estimate of drug-likeness (QED) is 0.227. The number of fused-ring (bicyclic) bond motifs is 3. The van der Waals surface area contributed by atoms with E-state index in [1.165, 1.54) is 23.1 Å². The third-order valence-electron chi connectivity index (χ3n) is 6.71. The molecule has 1 aliphatic rings.